The molecule has 0 saturated carbocycles. The maximum absolute atomic E-state index is 9.89. The van der Waals surface area contributed by atoms with E-state index in [1.807, 2.05) is 6.07 Å². The zero-order valence-electron chi connectivity index (χ0n) is 10.7. The Balaban J connectivity index is 2.44. The number of aryl methyl sites for hydroxylation is 2. The minimum atomic E-state index is -0.885. The maximum atomic E-state index is 9.89. The van der Waals surface area contributed by atoms with E-state index in [4.69, 9.17) is 0 Å². The number of rotatable bonds is 2. The molecule has 1 aromatic heterocycles. The Bertz CT molecular complexity index is 515. The molecule has 2 N–H and O–H groups in total. The molecule has 17 heavy (non-hydrogen) atoms. The molecular weight excluding hydrogens is 212 g/mol. The van der Waals surface area contributed by atoms with Crippen LogP contribution in [0.1, 0.15) is 30.7 Å². The van der Waals surface area contributed by atoms with Crippen molar-refractivity contribution in [2.45, 2.75) is 33.3 Å². The van der Waals surface area contributed by atoms with E-state index in [1.54, 1.807) is 13.8 Å². The first-order valence-corrected chi connectivity index (χ1v) is 5.73. The van der Waals surface area contributed by atoms with Crippen molar-refractivity contribution >= 4 is 0 Å². The first kappa shape index (κ1) is 11.9. The van der Waals surface area contributed by atoms with E-state index in [-0.39, 0.29) is 0 Å². The molecule has 0 spiro atoms. The lowest BCUT2D eigenvalue weighted by Gasteiger charge is -2.13. The number of H-pyrrole nitrogens is 1. The molecule has 0 atom stereocenters. The van der Waals surface area contributed by atoms with Gasteiger partial charge in [0, 0.05) is 5.56 Å². The molecule has 1 aromatic carbocycles. The minimum absolute atomic E-state index is 0.728. The van der Waals surface area contributed by atoms with Crippen LogP contribution in [0, 0.1) is 13.8 Å². The van der Waals surface area contributed by atoms with E-state index < -0.39 is 5.60 Å². The highest BCUT2D eigenvalue weighted by atomic mass is 16.3. The van der Waals surface area contributed by atoms with E-state index in [9.17, 15) is 5.11 Å². The average Bonchev–Trinajstić information content (AvgIpc) is 2.63. The van der Waals surface area contributed by atoms with Gasteiger partial charge in [0.25, 0.3) is 0 Å². The van der Waals surface area contributed by atoms with Crippen LogP contribution in [-0.2, 0) is 5.60 Å². The van der Waals surface area contributed by atoms with Crippen molar-refractivity contribution in [1.29, 1.82) is 0 Å². The fourth-order valence-corrected chi connectivity index (χ4v) is 1.91. The third kappa shape index (κ3) is 2.56. The topological polar surface area (TPSA) is 48.9 Å². The number of hydrogen-bond acceptors (Lipinski definition) is 2. The minimum Gasteiger partial charge on any atom is -0.384 e. The van der Waals surface area contributed by atoms with Crippen molar-refractivity contribution in [3.8, 4) is 11.3 Å². The summed E-state index contributed by atoms with van der Waals surface area (Å²) >= 11 is 0. The van der Waals surface area contributed by atoms with Crippen molar-refractivity contribution in [1.82, 2.24) is 10.2 Å². The summed E-state index contributed by atoms with van der Waals surface area (Å²) in [5, 5.41) is 17.0. The van der Waals surface area contributed by atoms with Gasteiger partial charge in [-0.2, -0.15) is 5.10 Å². The van der Waals surface area contributed by atoms with Crippen LogP contribution in [0.15, 0.2) is 24.3 Å². The molecule has 0 fully saturated rings. The summed E-state index contributed by atoms with van der Waals surface area (Å²) in [5.41, 5.74) is 4.22. The molecular formula is C14H18N2O. The zero-order valence-corrected chi connectivity index (χ0v) is 10.7. The molecule has 0 amide bonds. The van der Waals surface area contributed by atoms with Gasteiger partial charge in [-0.3, -0.25) is 5.10 Å². The fourth-order valence-electron chi connectivity index (χ4n) is 1.91. The SMILES string of the molecule is Cc1cc(C)cc(-c2cc(C(C)(C)O)[nH]n2)c1. The van der Waals surface area contributed by atoms with Crippen molar-refractivity contribution in [2.24, 2.45) is 0 Å². The van der Waals surface area contributed by atoms with Gasteiger partial charge in [0.2, 0.25) is 0 Å². The number of aromatic nitrogens is 2. The maximum Gasteiger partial charge on any atom is 0.100 e. The van der Waals surface area contributed by atoms with Crippen LogP contribution in [0.5, 0.6) is 0 Å². The second-order valence-corrected chi connectivity index (χ2v) is 5.10. The van der Waals surface area contributed by atoms with Crippen molar-refractivity contribution in [2.75, 3.05) is 0 Å². The molecule has 2 rings (SSSR count). The summed E-state index contributed by atoms with van der Waals surface area (Å²) in [6.45, 7) is 7.62. The lowest BCUT2D eigenvalue weighted by atomic mass is 10.0. The van der Waals surface area contributed by atoms with Crippen LogP contribution in [0.4, 0.5) is 0 Å². The number of aromatic amines is 1. The normalized spacial score (nSPS) is 11.8. The highest BCUT2D eigenvalue weighted by molar-refractivity contribution is 5.61. The number of aliphatic hydroxyl groups is 1. The largest absolute Gasteiger partial charge is 0.384 e. The van der Waals surface area contributed by atoms with E-state index in [0.29, 0.717) is 0 Å². The molecule has 0 aliphatic heterocycles. The summed E-state index contributed by atoms with van der Waals surface area (Å²) in [4.78, 5) is 0. The summed E-state index contributed by atoms with van der Waals surface area (Å²) in [7, 11) is 0. The Hall–Kier alpha value is -1.61. The summed E-state index contributed by atoms with van der Waals surface area (Å²) in [6, 6.07) is 8.22. The van der Waals surface area contributed by atoms with Crippen LogP contribution < -0.4 is 0 Å². The predicted molar refractivity (Wildman–Crippen MR) is 68.7 cm³/mol. The summed E-state index contributed by atoms with van der Waals surface area (Å²) < 4.78 is 0. The highest BCUT2D eigenvalue weighted by Crippen LogP contribution is 2.25. The van der Waals surface area contributed by atoms with E-state index in [1.165, 1.54) is 11.1 Å². The Morgan fingerprint density at radius 2 is 1.65 bits per heavy atom. The molecule has 0 aliphatic carbocycles. The Morgan fingerprint density at radius 3 is 2.12 bits per heavy atom. The van der Waals surface area contributed by atoms with Gasteiger partial charge >= 0.3 is 0 Å². The fraction of sp³-hybridized carbons (Fsp3) is 0.357. The van der Waals surface area contributed by atoms with Crippen molar-refractivity contribution in [3.05, 3.63) is 41.1 Å². The van der Waals surface area contributed by atoms with Gasteiger partial charge < -0.3 is 5.11 Å². The van der Waals surface area contributed by atoms with Gasteiger partial charge in [-0.15, -0.1) is 0 Å². The van der Waals surface area contributed by atoms with E-state index >= 15 is 0 Å². The molecule has 2 aromatic rings. The van der Waals surface area contributed by atoms with Gasteiger partial charge in [0.15, 0.2) is 0 Å². The molecule has 0 unspecified atom stereocenters. The van der Waals surface area contributed by atoms with Crippen LogP contribution in [-0.4, -0.2) is 15.3 Å². The number of nitrogens with zero attached hydrogens (tertiary/aromatic N) is 1. The summed E-state index contributed by atoms with van der Waals surface area (Å²) in [5.74, 6) is 0. The van der Waals surface area contributed by atoms with Gasteiger partial charge in [-0.05, 0) is 45.9 Å². The van der Waals surface area contributed by atoms with Crippen LogP contribution in [0.25, 0.3) is 11.3 Å². The smallest absolute Gasteiger partial charge is 0.100 e. The van der Waals surface area contributed by atoms with Crippen LogP contribution in [0.2, 0.25) is 0 Å². The third-order valence-electron chi connectivity index (χ3n) is 2.75. The Labute approximate surface area is 102 Å². The molecule has 0 radical (unpaired) electrons. The molecule has 0 saturated heterocycles. The first-order chi connectivity index (χ1) is 7.86. The first-order valence-electron chi connectivity index (χ1n) is 5.73. The van der Waals surface area contributed by atoms with Crippen molar-refractivity contribution in [3.63, 3.8) is 0 Å². The second-order valence-electron chi connectivity index (χ2n) is 5.10. The third-order valence-corrected chi connectivity index (χ3v) is 2.75. The molecule has 1 heterocycles. The lowest BCUT2D eigenvalue weighted by Crippen LogP contribution is -2.15. The molecule has 3 nitrogen and oxygen atoms in total. The van der Waals surface area contributed by atoms with Crippen LogP contribution >= 0.6 is 0 Å². The average molecular weight is 230 g/mol. The summed E-state index contributed by atoms with van der Waals surface area (Å²) in [6.07, 6.45) is 0. The molecule has 0 aliphatic rings. The van der Waals surface area contributed by atoms with Crippen molar-refractivity contribution < 1.29 is 5.11 Å². The quantitative estimate of drug-likeness (QED) is 0.833. The standard InChI is InChI=1S/C14H18N2O/c1-9-5-10(2)7-11(6-9)12-8-13(16-15-12)14(3,4)17/h5-8,17H,1-4H3,(H,15,16). The monoisotopic (exact) mass is 230 g/mol. The Morgan fingerprint density at radius 1 is 1.06 bits per heavy atom. The van der Waals surface area contributed by atoms with E-state index in [2.05, 4.69) is 42.2 Å². The van der Waals surface area contributed by atoms with Crippen LogP contribution in [0.3, 0.4) is 0 Å². The number of benzene rings is 1. The molecule has 90 valence electrons. The van der Waals surface area contributed by atoms with E-state index in [0.717, 1.165) is 17.0 Å². The van der Waals surface area contributed by atoms with Gasteiger partial charge in [0.1, 0.15) is 5.60 Å². The highest BCUT2D eigenvalue weighted by Gasteiger charge is 2.19. The van der Waals surface area contributed by atoms with Gasteiger partial charge in [0.05, 0.1) is 11.4 Å². The van der Waals surface area contributed by atoms with Gasteiger partial charge in [-0.1, -0.05) is 17.2 Å². The molecule has 3 heteroatoms. The number of hydrogen-bond donors (Lipinski definition) is 2. The zero-order chi connectivity index (χ0) is 12.6. The predicted octanol–water partition coefficient (Wildman–Crippen LogP) is 2.92. The number of nitrogens with one attached hydrogen (secondary N) is 1. The lowest BCUT2D eigenvalue weighted by molar-refractivity contribution is 0.0738. The Kier molecular flexibility index (Phi) is 2.79. The van der Waals surface area contributed by atoms with Gasteiger partial charge in [-0.25, -0.2) is 0 Å². The second kappa shape index (κ2) is 4.00. The molecule has 0 bridgehead atoms.